The fourth-order valence-corrected chi connectivity index (χ4v) is 3.82. The molecule has 0 saturated heterocycles. The van der Waals surface area contributed by atoms with Gasteiger partial charge in [0.05, 0.1) is 18.4 Å². The minimum absolute atomic E-state index is 0.231. The van der Waals surface area contributed by atoms with E-state index in [0.717, 1.165) is 36.3 Å². The van der Waals surface area contributed by atoms with Crippen LogP contribution in [0.3, 0.4) is 0 Å². The summed E-state index contributed by atoms with van der Waals surface area (Å²) in [6, 6.07) is 10.5. The van der Waals surface area contributed by atoms with Crippen LogP contribution in [-0.4, -0.2) is 20.0 Å². The molecule has 0 spiro atoms. The van der Waals surface area contributed by atoms with Crippen LogP contribution in [0.2, 0.25) is 0 Å². The van der Waals surface area contributed by atoms with Crippen molar-refractivity contribution in [3.8, 4) is 0 Å². The number of nitrogens with one attached hydrogen (secondary N) is 1. The first-order valence-electron chi connectivity index (χ1n) is 10.8. The quantitative estimate of drug-likeness (QED) is 0.215. The Balaban J connectivity index is 1.26. The van der Waals surface area contributed by atoms with Crippen molar-refractivity contribution in [3.63, 3.8) is 0 Å². The summed E-state index contributed by atoms with van der Waals surface area (Å²) in [7, 11) is -9.68. The van der Waals surface area contributed by atoms with Crippen LogP contribution < -0.4 is 5.32 Å². The summed E-state index contributed by atoms with van der Waals surface area (Å²) in [5.74, 6) is 0.231. The van der Waals surface area contributed by atoms with Gasteiger partial charge in [-0.15, -0.1) is 5.10 Å². The summed E-state index contributed by atoms with van der Waals surface area (Å²) in [5.41, 5.74) is 2.86. The van der Waals surface area contributed by atoms with Crippen molar-refractivity contribution in [1.29, 1.82) is 0 Å². The van der Waals surface area contributed by atoms with E-state index in [0.29, 0.717) is 29.9 Å². The van der Waals surface area contributed by atoms with Crippen molar-refractivity contribution in [2.75, 3.05) is 5.32 Å². The largest absolute Gasteiger partial charge is 0.445 e. The highest BCUT2D eigenvalue weighted by Crippen LogP contribution is 3.02. The Kier molecular flexibility index (Phi) is 6.48. The van der Waals surface area contributed by atoms with E-state index in [1.54, 1.807) is 10.9 Å². The minimum Gasteiger partial charge on any atom is -0.445 e. The molecule has 0 aliphatic rings. The molecule has 0 radical (unpaired) electrons. The maximum atomic E-state index is 12.8. The first-order chi connectivity index (χ1) is 16.9. The van der Waals surface area contributed by atoms with Gasteiger partial charge in [0.25, 0.3) is 0 Å². The summed E-state index contributed by atoms with van der Waals surface area (Å²) in [4.78, 5) is 2.35. The standard InChI is InChI=1S/C24H22F5N5OS/c25-36(26,27,28,29)23-11-6-20(7-12-23)8-13-24-32-22(18-35-24)17-30-21-9-4-19(5-10-21)3-1-2-15-34-16-14-31-33-34/h1,3-14,16,18,30H,2,15,17H2. The number of aryl methyl sites for hydroxylation is 1. The van der Waals surface area contributed by atoms with Crippen molar-refractivity contribution in [2.24, 2.45) is 0 Å². The van der Waals surface area contributed by atoms with Gasteiger partial charge < -0.3 is 9.73 Å². The van der Waals surface area contributed by atoms with Crippen molar-refractivity contribution in [3.05, 3.63) is 96.0 Å². The number of hydrogen-bond acceptors (Lipinski definition) is 5. The number of rotatable bonds is 10. The van der Waals surface area contributed by atoms with Gasteiger partial charge in [0.2, 0.25) is 5.89 Å². The number of halogens is 5. The smallest absolute Gasteiger partial charge is 0.310 e. The molecule has 12 heteroatoms. The number of allylic oxidation sites excluding steroid dienone is 1. The zero-order valence-electron chi connectivity index (χ0n) is 18.8. The van der Waals surface area contributed by atoms with Crippen LogP contribution in [0, 0.1) is 0 Å². The van der Waals surface area contributed by atoms with E-state index >= 15 is 0 Å². The molecule has 6 nitrogen and oxygen atoms in total. The second-order valence-corrected chi connectivity index (χ2v) is 10.3. The molecule has 2 heterocycles. The molecule has 0 saturated carbocycles. The highest BCUT2D eigenvalue weighted by Gasteiger charge is 2.65. The zero-order chi connectivity index (χ0) is 25.7. The maximum absolute atomic E-state index is 12.8. The van der Waals surface area contributed by atoms with E-state index in [1.165, 1.54) is 18.4 Å². The van der Waals surface area contributed by atoms with E-state index in [2.05, 4.69) is 26.7 Å². The predicted octanol–water partition coefficient (Wildman–Crippen LogP) is 7.81. The summed E-state index contributed by atoms with van der Waals surface area (Å²) in [6.45, 7) is 1.15. The first kappa shape index (κ1) is 25.2. The van der Waals surface area contributed by atoms with Crippen molar-refractivity contribution in [1.82, 2.24) is 20.0 Å². The number of aromatic nitrogens is 4. The number of oxazole rings is 1. The van der Waals surface area contributed by atoms with Gasteiger partial charge >= 0.3 is 10.2 Å². The number of benzene rings is 2. The third kappa shape index (κ3) is 7.28. The fraction of sp³-hybridized carbons (Fsp3) is 0.125. The highest BCUT2D eigenvalue weighted by atomic mass is 32.5. The Hall–Kier alpha value is -3.93. The lowest BCUT2D eigenvalue weighted by Gasteiger charge is -2.40. The lowest BCUT2D eigenvalue weighted by molar-refractivity contribution is 0.364. The molecular weight excluding hydrogens is 501 g/mol. The number of nitrogens with zero attached hydrogens (tertiary/aromatic N) is 4. The molecule has 0 atom stereocenters. The van der Waals surface area contributed by atoms with Gasteiger partial charge in [0, 0.05) is 24.5 Å². The average Bonchev–Trinajstić information content (AvgIpc) is 3.51. The van der Waals surface area contributed by atoms with Crippen LogP contribution in [0.1, 0.15) is 29.1 Å². The predicted molar refractivity (Wildman–Crippen MR) is 131 cm³/mol. The number of anilines is 1. The molecule has 190 valence electrons. The third-order valence-corrected chi connectivity index (χ3v) is 6.17. The van der Waals surface area contributed by atoms with E-state index in [9.17, 15) is 19.4 Å². The van der Waals surface area contributed by atoms with Crippen LogP contribution in [0.15, 0.2) is 82.6 Å². The maximum Gasteiger partial charge on any atom is 0.310 e. The molecule has 0 aliphatic carbocycles. The monoisotopic (exact) mass is 523 g/mol. The van der Waals surface area contributed by atoms with Crippen LogP contribution in [0.25, 0.3) is 18.2 Å². The Bertz CT molecular complexity index is 1350. The van der Waals surface area contributed by atoms with Gasteiger partial charge in [-0.1, -0.05) is 61.1 Å². The van der Waals surface area contributed by atoms with E-state index < -0.39 is 15.1 Å². The van der Waals surface area contributed by atoms with Crippen LogP contribution >= 0.6 is 10.2 Å². The molecule has 2 aromatic heterocycles. The topological polar surface area (TPSA) is 68.8 Å². The normalized spacial score (nSPS) is 14.2. The van der Waals surface area contributed by atoms with Crippen molar-refractivity contribution < 1.29 is 23.8 Å². The van der Waals surface area contributed by atoms with E-state index in [4.69, 9.17) is 4.42 Å². The molecular formula is C24H22F5N5OS. The fourth-order valence-electron chi connectivity index (χ4n) is 3.17. The molecule has 4 aromatic rings. The second kappa shape index (κ2) is 9.26. The van der Waals surface area contributed by atoms with Crippen molar-refractivity contribution in [2.45, 2.75) is 24.4 Å². The van der Waals surface area contributed by atoms with Crippen LogP contribution in [0.5, 0.6) is 0 Å². The zero-order valence-corrected chi connectivity index (χ0v) is 19.6. The molecule has 0 aliphatic heterocycles. The first-order valence-corrected chi connectivity index (χ1v) is 12.7. The van der Waals surface area contributed by atoms with E-state index in [-0.39, 0.29) is 5.89 Å². The lowest BCUT2D eigenvalue weighted by Crippen LogP contribution is -2.05. The van der Waals surface area contributed by atoms with Gasteiger partial charge in [-0.25, -0.2) is 4.98 Å². The SMILES string of the molecule is FS(F)(F)(F)(F)c1ccc(C=Cc2nc(CNc3ccc(C=CCCn4ccnn4)cc3)co2)cc1. The van der Waals surface area contributed by atoms with Crippen LogP contribution in [-0.2, 0) is 13.1 Å². The molecule has 0 unspecified atom stereocenters. The molecule has 2 aromatic carbocycles. The molecule has 4 rings (SSSR count). The summed E-state index contributed by atoms with van der Waals surface area (Å²) >= 11 is 0. The molecule has 0 bridgehead atoms. The Morgan fingerprint density at radius 2 is 1.58 bits per heavy atom. The average molecular weight is 524 g/mol. The van der Waals surface area contributed by atoms with Crippen molar-refractivity contribution >= 4 is 34.1 Å². The van der Waals surface area contributed by atoms with Gasteiger partial charge in [-0.3, -0.25) is 4.68 Å². The Morgan fingerprint density at radius 3 is 2.25 bits per heavy atom. The lowest BCUT2D eigenvalue weighted by atomic mass is 10.2. The summed E-state index contributed by atoms with van der Waals surface area (Å²) in [6.07, 6.45) is 12.7. The van der Waals surface area contributed by atoms with Gasteiger partial charge in [0.15, 0.2) is 0 Å². The Morgan fingerprint density at radius 1 is 0.889 bits per heavy atom. The Labute approximate surface area is 203 Å². The third-order valence-electron chi connectivity index (χ3n) is 5.00. The summed E-state index contributed by atoms with van der Waals surface area (Å²) in [5, 5.41) is 10.9. The molecule has 0 amide bonds. The van der Waals surface area contributed by atoms with Gasteiger partial charge in [-0.2, -0.15) is 0 Å². The minimum atomic E-state index is -9.68. The van der Waals surface area contributed by atoms with Gasteiger partial charge in [0.1, 0.15) is 11.2 Å². The van der Waals surface area contributed by atoms with Gasteiger partial charge in [-0.05, 0) is 47.9 Å². The summed E-state index contributed by atoms with van der Waals surface area (Å²) < 4.78 is 71.1. The number of hydrogen-bond donors (Lipinski definition) is 1. The molecule has 0 fully saturated rings. The van der Waals surface area contributed by atoms with E-state index in [1.807, 2.05) is 36.5 Å². The van der Waals surface area contributed by atoms with Crippen LogP contribution in [0.4, 0.5) is 25.1 Å². The highest BCUT2D eigenvalue weighted by molar-refractivity contribution is 8.45. The second-order valence-electron chi connectivity index (χ2n) is 7.88. The molecule has 36 heavy (non-hydrogen) atoms. The molecule has 1 N–H and O–H groups in total.